The van der Waals surface area contributed by atoms with Gasteiger partial charge >= 0.3 is 0 Å². The van der Waals surface area contributed by atoms with Crippen LogP contribution in [0.5, 0.6) is 0 Å². The van der Waals surface area contributed by atoms with Gasteiger partial charge in [0, 0.05) is 10.3 Å². The van der Waals surface area contributed by atoms with Crippen molar-refractivity contribution in [2.45, 2.75) is 33.6 Å². The molecule has 122 valence electrons. The van der Waals surface area contributed by atoms with Crippen LogP contribution in [-0.2, 0) is 6.42 Å². The highest BCUT2D eigenvalue weighted by atomic mass is 32.1. The van der Waals surface area contributed by atoms with Gasteiger partial charge in [-0.2, -0.15) is 0 Å². The van der Waals surface area contributed by atoms with Gasteiger partial charge < -0.3 is 5.73 Å². The fourth-order valence-corrected chi connectivity index (χ4v) is 3.35. The lowest BCUT2D eigenvalue weighted by Gasteiger charge is -2.25. The number of anilines is 1. The Labute approximate surface area is 146 Å². The molecule has 0 aliphatic carbocycles. The molecule has 1 amide bonds. The van der Waals surface area contributed by atoms with Crippen LogP contribution < -0.4 is 16.2 Å². The van der Waals surface area contributed by atoms with E-state index in [1.807, 2.05) is 43.5 Å². The maximum Gasteiger partial charge on any atom is 0.271 e. The molecule has 2 rings (SSSR count). The maximum absolute atomic E-state index is 12.5. The predicted octanol–water partition coefficient (Wildman–Crippen LogP) is 3.71. The third-order valence-corrected chi connectivity index (χ3v) is 4.63. The number of nitrogens with one attached hydrogen (secondary N) is 1. The van der Waals surface area contributed by atoms with Crippen molar-refractivity contribution in [1.82, 2.24) is 5.43 Å². The average Bonchev–Trinajstić information content (AvgIpc) is 2.96. The fourth-order valence-electron chi connectivity index (χ4n) is 2.24. The number of carbonyl (C=O) groups excluding carboxylic acids is 1. The highest BCUT2D eigenvalue weighted by Gasteiger charge is 2.17. The molecule has 0 saturated heterocycles. The number of hydrogen-bond donors (Lipinski definition) is 2. The van der Waals surface area contributed by atoms with Crippen molar-refractivity contribution in [2.24, 2.45) is 5.73 Å². The molecule has 0 bridgehead atoms. The Bertz CT molecular complexity index is 724. The van der Waals surface area contributed by atoms with Gasteiger partial charge in [0.05, 0.1) is 11.3 Å². The number of amides is 1. The highest BCUT2D eigenvalue weighted by Crippen LogP contribution is 2.21. The van der Waals surface area contributed by atoms with Gasteiger partial charge in [-0.15, -0.1) is 11.3 Å². The lowest BCUT2D eigenvalue weighted by Crippen LogP contribution is -2.49. The van der Waals surface area contributed by atoms with E-state index < -0.39 is 0 Å². The number of thiophene rings is 1. The zero-order chi connectivity index (χ0) is 17.0. The van der Waals surface area contributed by atoms with E-state index in [0.717, 1.165) is 29.7 Å². The molecule has 23 heavy (non-hydrogen) atoms. The van der Waals surface area contributed by atoms with Gasteiger partial charge in [0.2, 0.25) is 0 Å². The first kappa shape index (κ1) is 17.4. The number of nitrogens with two attached hydrogens (primary N) is 1. The summed E-state index contributed by atoms with van der Waals surface area (Å²) in [5.41, 5.74) is 12.1. The summed E-state index contributed by atoms with van der Waals surface area (Å²) in [6.07, 6.45) is 2.04. The number of carbonyl (C=O) groups is 1. The van der Waals surface area contributed by atoms with Gasteiger partial charge in [0.25, 0.3) is 5.91 Å². The van der Waals surface area contributed by atoms with E-state index in [1.165, 1.54) is 9.89 Å². The van der Waals surface area contributed by atoms with E-state index in [2.05, 4.69) is 12.3 Å². The number of hydrazine groups is 1. The van der Waals surface area contributed by atoms with Gasteiger partial charge in [-0.05, 0) is 55.7 Å². The van der Waals surface area contributed by atoms with Crippen LogP contribution >= 0.6 is 23.6 Å². The minimum absolute atomic E-state index is 0.107. The number of aryl methyl sites for hydroxylation is 3. The molecule has 0 aliphatic heterocycles. The topological polar surface area (TPSA) is 58.4 Å². The largest absolute Gasteiger partial charge is 0.374 e. The van der Waals surface area contributed by atoms with E-state index >= 15 is 0 Å². The Kier molecular flexibility index (Phi) is 5.74. The Hall–Kier alpha value is -1.92. The van der Waals surface area contributed by atoms with Crippen LogP contribution in [0.1, 0.15) is 39.7 Å². The summed E-state index contributed by atoms with van der Waals surface area (Å²) in [6, 6.07) is 7.86. The zero-order valence-electron chi connectivity index (χ0n) is 13.6. The third-order valence-electron chi connectivity index (χ3n) is 3.45. The Balaban J connectivity index is 2.23. The van der Waals surface area contributed by atoms with Crippen molar-refractivity contribution in [1.29, 1.82) is 0 Å². The lowest BCUT2D eigenvalue weighted by molar-refractivity contribution is 0.0955. The van der Waals surface area contributed by atoms with E-state index in [1.54, 1.807) is 11.3 Å². The van der Waals surface area contributed by atoms with Crippen LogP contribution in [0.2, 0.25) is 0 Å². The second kappa shape index (κ2) is 7.57. The summed E-state index contributed by atoms with van der Waals surface area (Å²) in [6.45, 7) is 6.06. The molecule has 1 heterocycles. The standard InChI is InChI=1S/C17H21N3OS2/c1-4-5-14-9-13(10-23-14)16(21)19-20(17(18)22)15-8-11(2)6-7-12(15)3/h6-10H,4-5H2,1-3H3,(H2,18,22)(H,19,21). The van der Waals surface area contributed by atoms with Crippen molar-refractivity contribution in [3.63, 3.8) is 0 Å². The molecule has 0 aliphatic rings. The summed E-state index contributed by atoms with van der Waals surface area (Å²) in [7, 11) is 0. The number of benzene rings is 1. The molecule has 0 unspecified atom stereocenters. The van der Waals surface area contributed by atoms with Crippen LogP contribution in [0.4, 0.5) is 5.69 Å². The second-order valence-electron chi connectivity index (χ2n) is 5.46. The molecule has 4 nitrogen and oxygen atoms in total. The molecule has 0 radical (unpaired) electrons. The molecule has 3 N–H and O–H groups in total. The van der Waals surface area contributed by atoms with E-state index in [0.29, 0.717) is 5.56 Å². The fraction of sp³-hybridized carbons (Fsp3) is 0.294. The van der Waals surface area contributed by atoms with Crippen molar-refractivity contribution < 1.29 is 4.79 Å². The number of nitrogens with zero attached hydrogens (tertiary/aromatic N) is 1. The first-order valence-corrected chi connectivity index (χ1v) is 8.76. The van der Waals surface area contributed by atoms with Crippen LogP contribution in [0.25, 0.3) is 0 Å². The molecule has 1 aromatic carbocycles. The van der Waals surface area contributed by atoms with Crippen molar-refractivity contribution in [3.8, 4) is 0 Å². The Morgan fingerprint density at radius 3 is 2.74 bits per heavy atom. The SMILES string of the molecule is CCCc1cc(C(=O)NN(C(N)=S)c2cc(C)ccc2C)cs1. The van der Waals surface area contributed by atoms with Gasteiger partial charge in [0.1, 0.15) is 0 Å². The molecule has 0 atom stereocenters. The second-order valence-corrected chi connectivity index (χ2v) is 6.87. The first-order valence-electron chi connectivity index (χ1n) is 7.47. The lowest BCUT2D eigenvalue weighted by atomic mass is 10.1. The maximum atomic E-state index is 12.5. The summed E-state index contributed by atoms with van der Waals surface area (Å²) in [4.78, 5) is 13.7. The van der Waals surface area contributed by atoms with Gasteiger partial charge in [-0.25, -0.2) is 5.01 Å². The normalized spacial score (nSPS) is 10.4. The van der Waals surface area contributed by atoms with Gasteiger partial charge in [-0.3, -0.25) is 10.2 Å². The van der Waals surface area contributed by atoms with E-state index in [4.69, 9.17) is 18.0 Å². The molecule has 0 saturated carbocycles. The van der Waals surface area contributed by atoms with Crippen LogP contribution in [0.3, 0.4) is 0 Å². The van der Waals surface area contributed by atoms with Gasteiger partial charge in [-0.1, -0.05) is 25.5 Å². The predicted molar refractivity (Wildman–Crippen MR) is 101 cm³/mol. The molecule has 2 aromatic rings. The molecule has 1 aromatic heterocycles. The van der Waals surface area contributed by atoms with Crippen LogP contribution in [0, 0.1) is 13.8 Å². The summed E-state index contributed by atoms with van der Waals surface area (Å²) in [5.74, 6) is -0.211. The average molecular weight is 348 g/mol. The zero-order valence-corrected chi connectivity index (χ0v) is 15.2. The number of hydrogen-bond acceptors (Lipinski definition) is 3. The van der Waals surface area contributed by atoms with Crippen molar-refractivity contribution >= 4 is 40.3 Å². The Morgan fingerprint density at radius 1 is 1.35 bits per heavy atom. The van der Waals surface area contributed by atoms with Crippen LogP contribution in [0.15, 0.2) is 29.6 Å². The third kappa shape index (κ3) is 4.30. The number of rotatable bonds is 4. The quantitative estimate of drug-likeness (QED) is 0.654. The van der Waals surface area contributed by atoms with Crippen LogP contribution in [-0.4, -0.2) is 11.0 Å². The summed E-state index contributed by atoms with van der Waals surface area (Å²) >= 11 is 6.70. The number of thiocarbonyl (C=S) groups is 1. The summed E-state index contributed by atoms with van der Waals surface area (Å²) in [5, 5.41) is 3.44. The van der Waals surface area contributed by atoms with E-state index in [9.17, 15) is 4.79 Å². The minimum atomic E-state index is -0.211. The minimum Gasteiger partial charge on any atom is -0.374 e. The highest BCUT2D eigenvalue weighted by molar-refractivity contribution is 7.80. The monoisotopic (exact) mass is 347 g/mol. The first-order chi connectivity index (χ1) is 10.9. The van der Waals surface area contributed by atoms with Gasteiger partial charge in [0.15, 0.2) is 5.11 Å². The molecular weight excluding hydrogens is 326 g/mol. The Morgan fingerprint density at radius 2 is 2.09 bits per heavy atom. The molecule has 0 fully saturated rings. The smallest absolute Gasteiger partial charge is 0.271 e. The molecule has 6 heteroatoms. The van der Waals surface area contributed by atoms with Crippen molar-refractivity contribution in [3.05, 3.63) is 51.2 Å². The summed E-state index contributed by atoms with van der Waals surface area (Å²) < 4.78 is 0. The molecule has 0 spiro atoms. The molecular formula is C17H21N3OS2. The van der Waals surface area contributed by atoms with E-state index in [-0.39, 0.29) is 11.0 Å². The van der Waals surface area contributed by atoms with Crippen molar-refractivity contribution in [2.75, 3.05) is 5.01 Å².